The maximum Gasteiger partial charge on any atom is 0.268 e. The van der Waals surface area contributed by atoms with E-state index in [0.717, 1.165) is 70.4 Å². The second-order valence-corrected chi connectivity index (χ2v) is 10.7. The molecule has 0 spiro atoms. The van der Waals surface area contributed by atoms with Gasteiger partial charge in [0, 0.05) is 21.5 Å². The quantitative estimate of drug-likeness (QED) is 0.391. The first-order valence-electron chi connectivity index (χ1n) is 11.1. The Morgan fingerprint density at radius 1 is 1.00 bits per heavy atom. The van der Waals surface area contributed by atoms with Gasteiger partial charge in [-0.2, -0.15) is 0 Å². The van der Waals surface area contributed by atoms with Crippen LogP contribution in [0.5, 0.6) is 0 Å². The van der Waals surface area contributed by atoms with E-state index >= 15 is 0 Å². The van der Waals surface area contributed by atoms with Gasteiger partial charge in [-0.15, -0.1) is 22.7 Å². The van der Waals surface area contributed by atoms with Gasteiger partial charge in [0.2, 0.25) is 0 Å². The second kappa shape index (κ2) is 7.67. The fourth-order valence-corrected chi connectivity index (χ4v) is 7.19. The first-order chi connectivity index (χ1) is 16.0. The molecule has 3 aromatic heterocycles. The van der Waals surface area contributed by atoms with Crippen LogP contribution in [0.15, 0.2) is 30.3 Å². The summed E-state index contributed by atoms with van der Waals surface area (Å²) in [5.41, 5.74) is 18.4. The summed E-state index contributed by atoms with van der Waals surface area (Å²) in [5.74, 6) is -0.874. The molecule has 4 aromatic rings. The molecule has 2 aliphatic rings. The molecular weight excluding hydrogens is 452 g/mol. The highest BCUT2D eigenvalue weighted by atomic mass is 32.1. The summed E-state index contributed by atoms with van der Waals surface area (Å²) in [6.45, 7) is 0. The van der Waals surface area contributed by atoms with Crippen molar-refractivity contribution in [3.63, 3.8) is 0 Å². The second-order valence-electron chi connectivity index (χ2n) is 8.58. The third kappa shape index (κ3) is 3.24. The third-order valence-electron chi connectivity index (χ3n) is 6.57. The van der Waals surface area contributed by atoms with Crippen molar-refractivity contribution in [2.75, 3.05) is 11.1 Å². The molecule has 6 rings (SSSR count). The zero-order valence-corrected chi connectivity index (χ0v) is 19.5. The Kier molecular flexibility index (Phi) is 4.74. The van der Waals surface area contributed by atoms with Crippen molar-refractivity contribution < 1.29 is 9.59 Å². The third-order valence-corrected chi connectivity index (χ3v) is 8.85. The van der Waals surface area contributed by atoms with E-state index in [9.17, 15) is 9.59 Å². The normalized spacial score (nSPS) is 14.4. The Bertz CT molecular complexity index is 1470. The van der Waals surface area contributed by atoms with Gasteiger partial charge in [-0.05, 0) is 61.3 Å². The van der Waals surface area contributed by atoms with E-state index in [1.165, 1.54) is 33.8 Å². The first-order valence-corrected chi connectivity index (χ1v) is 12.7. The van der Waals surface area contributed by atoms with Crippen molar-refractivity contribution >= 4 is 55.4 Å². The van der Waals surface area contributed by atoms with E-state index in [2.05, 4.69) is 17.4 Å². The monoisotopic (exact) mass is 474 g/mol. The minimum absolute atomic E-state index is 0.331. The molecule has 0 unspecified atom stereocenters. The summed E-state index contributed by atoms with van der Waals surface area (Å²) in [6.07, 6.45) is 5.97. The summed E-state index contributed by atoms with van der Waals surface area (Å²) in [5, 5.41) is 4.27. The fourth-order valence-electron chi connectivity index (χ4n) is 4.98. The number of fused-ring (bicyclic) bond motifs is 5. The molecule has 1 aromatic carbocycles. The zero-order valence-electron chi connectivity index (χ0n) is 17.9. The molecule has 166 valence electrons. The molecule has 0 atom stereocenters. The van der Waals surface area contributed by atoms with Crippen LogP contribution in [0.2, 0.25) is 0 Å². The van der Waals surface area contributed by atoms with E-state index in [4.69, 9.17) is 16.5 Å². The molecule has 2 amide bonds. The summed E-state index contributed by atoms with van der Waals surface area (Å²) in [4.78, 5) is 32.9. The number of hydrogen-bond acceptors (Lipinski definition) is 6. The highest BCUT2D eigenvalue weighted by molar-refractivity contribution is 7.21. The fraction of sp³-hybridized carbons (Fsp3) is 0.240. The first kappa shape index (κ1) is 20.4. The predicted octanol–water partition coefficient (Wildman–Crippen LogP) is 4.94. The SMILES string of the molecule is NC(=O)c1c(NC(=O)c2sc3nc4c(cc3c2N)CCCC4)sc2c1-c1ccccc1CC2. The van der Waals surface area contributed by atoms with Gasteiger partial charge in [0.25, 0.3) is 11.8 Å². The number of aryl methyl sites for hydroxylation is 4. The van der Waals surface area contributed by atoms with E-state index in [-0.39, 0.29) is 5.91 Å². The van der Waals surface area contributed by atoms with Gasteiger partial charge in [0.1, 0.15) is 14.7 Å². The van der Waals surface area contributed by atoms with Crippen LogP contribution < -0.4 is 16.8 Å². The molecule has 0 aliphatic heterocycles. The molecular formula is C25H22N4O2S2. The maximum absolute atomic E-state index is 13.3. The highest BCUT2D eigenvalue weighted by Gasteiger charge is 2.29. The number of nitrogens with two attached hydrogens (primary N) is 2. The minimum atomic E-state index is -0.543. The summed E-state index contributed by atoms with van der Waals surface area (Å²) < 4.78 is 0. The molecule has 0 fully saturated rings. The number of nitrogen functional groups attached to an aromatic ring is 1. The smallest absolute Gasteiger partial charge is 0.268 e. The lowest BCUT2D eigenvalue weighted by Gasteiger charge is -2.16. The van der Waals surface area contributed by atoms with Crippen LogP contribution in [0.25, 0.3) is 21.3 Å². The molecule has 0 bridgehead atoms. The Hall–Kier alpha value is -3.23. The lowest BCUT2D eigenvalue weighted by atomic mass is 9.88. The van der Waals surface area contributed by atoms with Gasteiger partial charge in [-0.25, -0.2) is 4.98 Å². The van der Waals surface area contributed by atoms with E-state index in [1.54, 1.807) is 0 Å². The highest BCUT2D eigenvalue weighted by Crippen LogP contribution is 2.45. The topological polar surface area (TPSA) is 111 Å². The van der Waals surface area contributed by atoms with Gasteiger partial charge in [-0.3, -0.25) is 9.59 Å². The largest absolute Gasteiger partial charge is 0.397 e. The lowest BCUT2D eigenvalue weighted by Crippen LogP contribution is -2.18. The summed E-state index contributed by atoms with van der Waals surface area (Å²) in [6, 6.07) is 10.1. The van der Waals surface area contributed by atoms with Gasteiger partial charge in [0.05, 0.1) is 11.3 Å². The van der Waals surface area contributed by atoms with Crippen LogP contribution in [0.3, 0.4) is 0 Å². The number of nitrogens with one attached hydrogen (secondary N) is 1. The van der Waals surface area contributed by atoms with Crippen molar-refractivity contribution in [1.82, 2.24) is 4.98 Å². The van der Waals surface area contributed by atoms with Crippen LogP contribution >= 0.6 is 22.7 Å². The van der Waals surface area contributed by atoms with Crippen LogP contribution in [-0.2, 0) is 25.7 Å². The number of carbonyl (C=O) groups excluding carboxylic acids is 2. The summed E-state index contributed by atoms with van der Waals surface area (Å²) in [7, 11) is 0. The Balaban J connectivity index is 1.40. The molecule has 33 heavy (non-hydrogen) atoms. The maximum atomic E-state index is 13.3. The van der Waals surface area contributed by atoms with Crippen molar-refractivity contribution in [3.05, 3.63) is 62.5 Å². The van der Waals surface area contributed by atoms with Crippen LogP contribution in [-0.4, -0.2) is 16.8 Å². The number of pyridine rings is 1. The Morgan fingerprint density at radius 2 is 1.82 bits per heavy atom. The van der Waals surface area contributed by atoms with Gasteiger partial charge in [0.15, 0.2) is 0 Å². The van der Waals surface area contributed by atoms with Gasteiger partial charge < -0.3 is 16.8 Å². The molecule has 5 N–H and O–H groups in total. The van der Waals surface area contributed by atoms with Crippen LogP contribution in [0, 0.1) is 0 Å². The Labute approximate surface area is 198 Å². The van der Waals surface area contributed by atoms with E-state index < -0.39 is 5.91 Å². The van der Waals surface area contributed by atoms with Crippen molar-refractivity contribution in [2.24, 2.45) is 5.73 Å². The van der Waals surface area contributed by atoms with E-state index in [1.807, 2.05) is 18.2 Å². The number of anilines is 2. The number of carbonyl (C=O) groups is 2. The average Bonchev–Trinajstić information content (AvgIpc) is 3.35. The van der Waals surface area contributed by atoms with E-state index in [0.29, 0.717) is 21.1 Å². The van der Waals surface area contributed by atoms with Crippen molar-refractivity contribution in [1.29, 1.82) is 0 Å². The van der Waals surface area contributed by atoms with Crippen molar-refractivity contribution in [2.45, 2.75) is 38.5 Å². The van der Waals surface area contributed by atoms with Gasteiger partial charge >= 0.3 is 0 Å². The molecule has 0 saturated carbocycles. The summed E-state index contributed by atoms with van der Waals surface area (Å²) >= 11 is 2.73. The number of nitrogens with zero attached hydrogens (tertiary/aromatic N) is 1. The van der Waals surface area contributed by atoms with Gasteiger partial charge in [-0.1, -0.05) is 24.3 Å². The molecule has 0 saturated heterocycles. The Morgan fingerprint density at radius 3 is 2.67 bits per heavy atom. The molecule has 6 nitrogen and oxygen atoms in total. The standard InChI is InChI=1S/C25H22N4O2S2/c26-20-15-11-13-6-2-4-8-16(13)28-24(15)33-21(20)23(31)29-25-19(22(27)30)18-14-7-3-1-5-12(14)9-10-17(18)32-25/h1,3,5,7,11H,2,4,6,8-10,26H2,(H2,27,30)(H,29,31). The number of primary amides is 1. The zero-order chi connectivity index (χ0) is 22.7. The number of benzene rings is 1. The number of thiophene rings is 2. The molecule has 8 heteroatoms. The van der Waals surface area contributed by atoms with Crippen molar-refractivity contribution in [3.8, 4) is 11.1 Å². The lowest BCUT2D eigenvalue weighted by molar-refractivity contribution is 0.100. The number of amides is 2. The average molecular weight is 475 g/mol. The number of rotatable bonds is 3. The number of aromatic nitrogens is 1. The van der Waals surface area contributed by atoms with Crippen LogP contribution in [0.1, 0.15) is 54.6 Å². The predicted molar refractivity (Wildman–Crippen MR) is 134 cm³/mol. The molecule has 2 aliphatic carbocycles. The van der Waals surface area contributed by atoms with Crippen LogP contribution in [0.4, 0.5) is 10.7 Å². The number of hydrogen-bond donors (Lipinski definition) is 3. The minimum Gasteiger partial charge on any atom is -0.397 e. The molecule has 0 radical (unpaired) electrons. The molecule has 3 heterocycles.